The molecule has 0 radical (unpaired) electrons. The van der Waals surface area contributed by atoms with Crippen LogP contribution in [-0.2, 0) is 4.74 Å². The summed E-state index contributed by atoms with van der Waals surface area (Å²) in [6.07, 6.45) is 6.10. The molecular weight excluding hydrogens is 393 g/mol. The van der Waals surface area contributed by atoms with Gasteiger partial charge in [-0.2, -0.15) is 0 Å². The summed E-state index contributed by atoms with van der Waals surface area (Å²) in [5.41, 5.74) is 7.33. The number of ether oxygens (including phenoxy) is 2. The molecule has 4 heterocycles. The highest BCUT2D eigenvalue weighted by Gasteiger charge is 2.42. The molecule has 29 heavy (non-hydrogen) atoms. The third kappa shape index (κ3) is 3.27. The van der Waals surface area contributed by atoms with Gasteiger partial charge < -0.3 is 20.1 Å². The highest BCUT2D eigenvalue weighted by Crippen LogP contribution is 2.40. The van der Waals surface area contributed by atoms with Crippen molar-refractivity contribution in [1.82, 2.24) is 14.6 Å². The van der Waals surface area contributed by atoms with E-state index in [1.807, 2.05) is 4.52 Å². The minimum atomic E-state index is -0.335. The van der Waals surface area contributed by atoms with Crippen LogP contribution in [0, 0.1) is 5.82 Å². The Morgan fingerprint density at radius 2 is 2.17 bits per heavy atom. The smallest absolute Gasteiger partial charge is 0.214 e. The Morgan fingerprint density at radius 1 is 1.34 bits per heavy atom. The van der Waals surface area contributed by atoms with Crippen LogP contribution in [-0.4, -0.2) is 53.0 Å². The number of methoxy groups -OCH3 is 1. The first-order chi connectivity index (χ1) is 14.1. The number of imidazole rings is 1. The SMILES string of the molecule is COc1cc(F)ccc1-c1cnc2sc(N3CCC4(CCC(CN)O4)CC3)nn12. The lowest BCUT2D eigenvalue weighted by Crippen LogP contribution is -2.45. The number of hydrogen-bond acceptors (Lipinski definition) is 7. The van der Waals surface area contributed by atoms with Crippen molar-refractivity contribution in [3.05, 3.63) is 30.2 Å². The van der Waals surface area contributed by atoms with Crippen molar-refractivity contribution in [3.8, 4) is 17.0 Å². The summed E-state index contributed by atoms with van der Waals surface area (Å²) in [6.45, 7) is 2.41. The number of fused-ring (bicyclic) bond motifs is 1. The number of hydrogen-bond donors (Lipinski definition) is 1. The van der Waals surface area contributed by atoms with Crippen molar-refractivity contribution in [2.24, 2.45) is 5.73 Å². The van der Waals surface area contributed by atoms with Crippen molar-refractivity contribution in [2.75, 3.05) is 31.6 Å². The molecule has 9 heteroatoms. The summed E-state index contributed by atoms with van der Waals surface area (Å²) in [5, 5.41) is 5.75. The maximum atomic E-state index is 13.6. The lowest BCUT2D eigenvalue weighted by Gasteiger charge is -2.38. The van der Waals surface area contributed by atoms with Gasteiger partial charge in [-0.25, -0.2) is 13.9 Å². The number of anilines is 1. The zero-order chi connectivity index (χ0) is 20.0. The number of piperidine rings is 1. The molecule has 3 aromatic rings. The highest BCUT2D eigenvalue weighted by atomic mass is 32.1. The molecule has 2 N–H and O–H groups in total. The second kappa shape index (κ2) is 7.23. The summed E-state index contributed by atoms with van der Waals surface area (Å²) in [4.78, 5) is 7.61. The molecule has 2 aliphatic heterocycles. The van der Waals surface area contributed by atoms with Crippen molar-refractivity contribution in [2.45, 2.75) is 37.4 Å². The van der Waals surface area contributed by atoms with Crippen molar-refractivity contribution in [3.63, 3.8) is 0 Å². The van der Waals surface area contributed by atoms with E-state index in [1.165, 1.54) is 19.2 Å². The highest BCUT2D eigenvalue weighted by molar-refractivity contribution is 7.20. The molecule has 1 unspecified atom stereocenters. The predicted molar refractivity (Wildman–Crippen MR) is 110 cm³/mol. The minimum absolute atomic E-state index is 0.00934. The lowest BCUT2D eigenvalue weighted by atomic mass is 9.89. The average Bonchev–Trinajstić information content (AvgIpc) is 3.43. The number of nitrogens with two attached hydrogens (primary N) is 1. The molecule has 1 aromatic carbocycles. The first-order valence-electron chi connectivity index (χ1n) is 9.92. The van der Waals surface area contributed by atoms with Gasteiger partial charge in [0.25, 0.3) is 0 Å². The first kappa shape index (κ1) is 18.8. The second-order valence-corrected chi connectivity index (χ2v) is 8.69. The molecule has 0 bridgehead atoms. The molecule has 154 valence electrons. The van der Waals surface area contributed by atoms with E-state index in [4.69, 9.17) is 20.3 Å². The zero-order valence-electron chi connectivity index (χ0n) is 16.3. The number of aromatic nitrogens is 3. The standard InChI is InChI=1S/C20H24FN5O2S/c1-27-17-10-13(21)2-3-15(17)16-12-23-18-26(16)24-19(29-18)25-8-6-20(7-9-25)5-4-14(11-22)28-20/h2-3,10,12,14H,4-9,11,22H2,1H3. The van der Waals surface area contributed by atoms with Crippen LogP contribution >= 0.6 is 11.3 Å². The fraction of sp³-hybridized carbons (Fsp3) is 0.500. The van der Waals surface area contributed by atoms with Crippen molar-refractivity contribution < 1.29 is 13.9 Å². The fourth-order valence-electron chi connectivity index (χ4n) is 4.41. The molecule has 0 saturated carbocycles. The maximum absolute atomic E-state index is 13.6. The van der Waals surface area contributed by atoms with Gasteiger partial charge in [-0.15, -0.1) is 5.10 Å². The quantitative estimate of drug-likeness (QED) is 0.703. The van der Waals surface area contributed by atoms with E-state index >= 15 is 0 Å². The number of benzene rings is 1. The molecular formula is C20H24FN5O2S. The Morgan fingerprint density at radius 3 is 2.90 bits per heavy atom. The Kier molecular flexibility index (Phi) is 4.68. The zero-order valence-corrected chi connectivity index (χ0v) is 17.1. The van der Waals surface area contributed by atoms with Gasteiger partial charge >= 0.3 is 0 Å². The van der Waals surface area contributed by atoms with Crippen LogP contribution in [0.5, 0.6) is 5.75 Å². The molecule has 2 saturated heterocycles. The lowest BCUT2D eigenvalue weighted by molar-refractivity contribution is -0.0522. The molecule has 2 aliphatic rings. The molecule has 2 aromatic heterocycles. The third-order valence-electron chi connectivity index (χ3n) is 6.06. The Balaban J connectivity index is 1.39. The summed E-state index contributed by atoms with van der Waals surface area (Å²) >= 11 is 1.56. The minimum Gasteiger partial charge on any atom is -0.496 e. The number of nitrogens with zero attached hydrogens (tertiary/aromatic N) is 4. The van der Waals surface area contributed by atoms with Gasteiger partial charge in [0.1, 0.15) is 11.6 Å². The van der Waals surface area contributed by atoms with Gasteiger partial charge in [-0.05, 0) is 37.8 Å². The molecule has 7 nitrogen and oxygen atoms in total. The van der Waals surface area contributed by atoms with E-state index < -0.39 is 0 Å². The monoisotopic (exact) mass is 417 g/mol. The van der Waals surface area contributed by atoms with Gasteiger partial charge in [0.2, 0.25) is 10.1 Å². The van der Waals surface area contributed by atoms with Crippen LogP contribution in [0.4, 0.5) is 9.52 Å². The Bertz CT molecular complexity index is 1030. The summed E-state index contributed by atoms with van der Waals surface area (Å²) in [5.74, 6) is 0.132. The van der Waals surface area contributed by atoms with Crippen LogP contribution < -0.4 is 15.4 Å². The van der Waals surface area contributed by atoms with E-state index in [9.17, 15) is 4.39 Å². The third-order valence-corrected chi connectivity index (χ3v) is 7.04. The Labute approximate surface area is 172 Å². The van der Waals surface area contributed by atoms with Gasteiger partial charge in [0.15, 0.2) is 0 Å². The second-order valence-electron chi connectivity index (χ2n) is 7.75. The van der Waals surface area contributed by atoms with Crippen molar-refractivity contribution >= 4 is 21.4 Å². The van der Waals surface area contributed by atoms with Crippen LogP contribution in [0.2, 0.25) is 0 Å². The van der Waals surface area contributed by atoms with E-state index in [0.29, 0.717) is 12.3 Å². The summed E-state index contributed by atoms with van der Waals surface area (Å²) in [7, 11) is 1.53. The molecule has 1 spiro atoms. The first-order valence-corrected chi connectivity index (χ1v) is 10.7. The van der Waals surface area contributed by atoms with Gasteiger partial charge in [-0.3, -0.25) is 0 Å². The molecule has 0 aliphatic carbocycles. The van der Waals surface area contributed by atoms with Gasteiger partial charge in [0, 0.05) is 31.3 Å². The Hall–Kier alpha value is -2.23. The van der Waals surface area contributed by atoms with E-state index in [0.717, 1.165) is 60.1 Å². The normalized spacial score (nSPS) is 21.3. The van der Waals surface area contributed by atoms with Crippen LogP contribution in [0.25, 0.3) is 16.2 Å². The van der Waals surface area contributed by atoms with E-state index in [1.54, 1.807) is 23.6 Å². The predicted octanol–water partition coefficient (Wildman–Crippen LogP) is 3.08. The number of rotatable bonds is 4. The summed E-state index contributed by atoms with van der Waals surface area (Å²) in [6, 6.07) is 4.50. The van der Waals surface area contributed by atoms with E-state index in [2.05, 4.69) is 9.88 Å². The number of halogens is 1. The average molecular weight is 418 g/mol. The van der Waals surface area contributed by atoms with Crippen LogP contribution in [0.1, 0.15) is 25.7 Å². The molecule has 0 amide bonds. The van der Waals surface area contributed by atoms with Crippen LogP contribution in [0.15, 0.2) is 24.4 Å². The van der Waals surface area contributed by atoms with Crippen molar-refractivity contribution in [1.29, 1.82) is 0 Å². The fourth-order valence-corrected chi connectivity index (χ4v) is 5.33. The summed E-state index contributed by atoms with van der Waals surface area (Å²) < 4.78 is 27.0. The molecule has 2 fully saturated rings. The van der Waals surface area contributed by atoms with E-state index in [-0.39, 0.29) is 17.5 Å². The largest absolute Gasteiger partial charge is 0.496 e. The molecule has 5 rings (SSSR count). The molecule has 1 atom stereocenters. The van der Waals surface area contributed by atoms with Gasteiger partial charge in [-0.1, -0.05) is 11.3 Å². The van der Waals surface area contributed by atoms with Crippen LogP contribution in [0.3, 0.4) is 0 Å². The maximum Gasteiger partial charge on any atom is 0.214 e. The van der Waals surface area contributed by atoms with Gasteiger partial charge in [0.05, 0.1) is 30.7 Å². The topological polar surface area (TPSA) is 77.9 Å².